The third-order valence-electron chi connectivity index (χ3n) is 4.93. The number of ether oxygens (including phenoxy) is 1. The molecule has 1 aromatic rings. The van der Waals surface area contributed by atoms with Crippen LogP contribution in [0, 0.1) is 24.6 Å². The molecule has 2 fully saturated rings. The molecular formula is C18H25FO. The van der Waals surface area contributed by atoms with Crippen molar-refractivity contribution < 1.29 is 9.13 Å². The quantitative estimate of drug-likeness (QED) is 0.706. The second-order valence-corrected chi connectivity index (χ2v) is 6.60. The Bertz CT molecular complexity index is 459. The molecule has 2 aliphatic carbocycles. The monoisotopic (exact) mass is 276 g/mol. The lowest BCUT2D eigenvalue weighted by molar-refractivity contribution is 0.267. The molecule has 110 valence electrons. The van der Waals surface area contributed by atoms with Gasteiger partial charge in [-0.1, -0.05) is 31.7 Å². The molecule has 0 spiro atoms. The Balaban J connectivity index is 1.56. The van der Waals surface area contributed by atoms with E-state index in [-0.39, 0.29) is 5.82 Å². The molecule has 2 saturated carbocycles. The average molecular weight is 276 g/mol. The molecule has 0 amide bonds. The number of hydrogen-bond donors (Lipinski definition) is 0. The topological polar surface area (TPSA) is 9.23 Å². The lowest BCUT2D eigenvalue weighted by atomic mass is 10.0. The maximum absolute atomic E-state index is 14.3. The van der Waals surface area contributed by atoms with Crippen molar-refractivity contribution in [1.82, 2.24) is 0 Å². The molecule has 0 N–H and O–H groups in total. The SMILES string of the molecule is Cc1c(CC2CC2)ccc(OCCC2CCCC2)c1F. The van der Waals surface area contributed by atoms with Gasteiger partial charge in [-0.3, -0.25) is 0 Å². The van der Waals surface area contributed by atoms with Gasteiger partial charge in [0.15, 0.2) is 11.6 Å². The summed E-state index contributed by atoms with van der Waals surface area (Å²) in [4.78, 5) is 0. The Morgan fingerprint density at radius 3 is 2.55 bits per heavy atom. The van der Waals surface area contributed by atoms with Gasteiger partial charge < -0.3 is 4.74 Å². The summed E-state index contributed by atoms with van der Waals surface area (Å²) in [6.45, 7) is 2.54. The minimum Gasteiger partial charge on any atom is -0.490 e. The highest BCUT2D eigenvalue weighted by molar-refractivity contribution is 5.37. The number of halogens is 1. The van der Waals surface area contributed by atoms with Crippen LogP contribution in [0.4, 0.5) is 4.39 Å². The van der Waals surface area contributed by atoms with Gasteiger partial charge in [-0.05, 0) is 61.6 Å². The van der Waals surface area contributed by atoms with Crippen LogP contribution in [0.5, 0.6) is 5.75 Å². The van der Waals surface area contributed by atoms with Crippen LogP contribution >= 0.6 is 0 Å². The zero-order valence-electron chi connectivity index (χ0n) is 12.5. The molecule has 0 bridgehead atoms. The summed E-state index contributed by atoms with van der Waals surface area (Å²) in [5, 5.41) is 0. The smallest absolute Gasteiger partial charge is 0.168 e. The molecule has 0 unspecified atom stereocenters. The first-order valence-electron chi connectivity index (χ1n) is 8.15. The molecule has 1 nitrogen and oxygen atoms in total. The molecule has 0 atom stereocenters. The van der Waals surface area contributed by atoms with Crippen molar-refractivity contribution in [3.05, 3.63) is 29.1 Å². The molecule has 2 aliphatic rings. The number of hydrogen-bond acceptors (Lipinski definition) is 1. The van der Waals surface area contributed by atoms with E-state index in [4.69, 9.17) is 4.74 Å². The summed E-state index contributed by atoms with van der Waals surface area (Å²) in [6.07, 6.45) is 10.1. The largest absolute Gasteiger partial charge is 0.490 e. The van der Waals surface area contributed by atoms with E-state index >= 15 is 0 Å². The Kier molecular flexibility index (Phi) is 4.28. The number of rotatable bonds is 6. The Morgan fingerprint density at radius 1 is 1.10 bits per heavy atom. The van der Waals surface area contributed by atoms with Gasteiger partial charge >= 0.3 is 0 Å². The molecule has 0 heterocycles. The third kappa shape index (κ3) is 3.34. The van der Waals surface area contributed by atoms with E-state index in [0.29, 0.717) is 12.4 Å². The van der Waals surface area contributed by atoms with E-state index in [1.807, 2.05) is 13.0 Å². The van der Waals surface area contributed by atoms with E-state index in [0.717, 1.165) is 35.8 Å². The maximum atomic E-state index is 14.3. The lowest BCUT2D eigenvalue weighted by Gasteiger charge is -2.14. The van der Waals surface area contributed by atoms with E-state index in [9.17, 15) is 4.39 Å². The zero-order chi connectivity index (χ0) is 13.9. The van der Waals surface area contributed by atoms with Crippen molar-refractivity contribution in [1.29, 1.82) is 0 Å². The van der Waals surface area contributed by atoms with Gasteiger partial charge in [0, 0.05) is 0 Å². The summed E-state index contributed by atoms with van der Waals surface area (Å²) < 4.78 is 20.0. The molecule has 1 aromatic carbocycles. The Morgan fingerprint density at radius 2 is 1.85 bits per heavy atom. The highest BCUT2D eigenvalue weighted by atomic mass is 19.1. The first kappa shape index (κ1) is 13.9. The van der Waals surface area contributed by atoms with Gasteiger partial charge in [-0.2, -0.15) is 0 Å². The second kappa shape index (κ2) is 6.15. The standard InChI is InChI=1S/C18H25FO/c1-13-16(12-15-6-7-15)8-9-17(18(13)19)20-11-10-14-4-2-3-5-14/h8-9,14-15H,2-7,10-12H2,1H3. The Labute approximate surface area is 121 Å². The van der Waals surface area contributed by atoms with E-state index < -0.39 is 0 Å². The van der Waals surface area contributed by atoms with Gasteiger partial charge in [0.2, 0.25) is 0 Å². The predicted molar refractivity (Wildman–Crippen MR) is 79.6 cm³/mol. The maximum Gasteiger partial charge on any atom is 0.168 e. The fraction of sp³-hybridized carbons (Fsp3) is 0.667. The molecule has 0 saturated heterocycles. The fourth-order valence-corrected chi connectivity index (χ4v) is 3.30. The van der Waals surface area contributed by atoms with Gasteiger partial charge in [0.1, 0.15) is 0 Å². The summed E-state index contributed by atoms with van der Waals surface area (Å²) in [7, 11) is 0. The third-order valence-corrected chi connectivity index (χ3v) is 4.93. The molecule has 0 aromatic heterocycles. The van der Waals surface area contributed by atoms with Gasteiger partial charge in [0.05, 0.1) is 6.61 Å². The van der Waals surface area contributed by atoms with Crippen LogP contribution in [0.25, 0.3) is 0 Å². The summed E-state index contributed by atoms with van der Waals surface area (Å²) in [5.74, 6) is 1.89. The van der Waals surface area contributed by atoms with Gasteiger partial charge in [-0.15, -0.1) is 0 Å². The highest BCUT2D eigenvalue weighted by Gasteiger charge is 2.23. The first-order chi connectivity index (χ1) is 9.74. The zero-order valence-corrected chi connectivity index (χ0v) is 12.5. The first-order valence-corrected chi connectivity index (χ1v) is 8.15. The van der Waals surface area contributed by atoms with E-state index in [1.54, 1.807) is 0 Å². The van der Waals surface area contributed by atoms with Crippen molar-refractivity contribution in [2.24, 2.45) is 11.8 Å². The van der Waals surface area contributed by atoms with Crippen LogP contribution < -0.4 is 4.74 Å². The van der Waals surface area contributed by atoms with Crippen LogP contribution in [0.3, 0.4) is 0 Å². The highest BCUT2D eigenvalue weighted by Crippen LogP contribution is 2.35. The van der Waals surface area contributed by atoms with E-state index in [1.165, 1.54) is 38.5 Å². The van der Waals surface area contributed by atoms with E-state index in [2.05, 4.69) is 6.07 Å². The summed E-state index contributed by atoms with van der Waals surface area (Å²) in [5.41, 5.74) is 1.95. The molecular weight excluding hydrogens is 251 g/mol. The lowest BCUT2D eigenvalue weighted by Crippen LogP contribution is -2.06. The van der Waals surface area contributed by atoms with Crippen LogP contribution in [-0.2, 0) is 6.42 Å². The van der Waals surface area contributed by atoms with Crippen molar-refractivity contribution in [3.63, 3.8) is 0 Å². The predicted octanol–water partition coefficient (Wildman–Crippen LogP) is 5.05. The van der Waals surface area contributed by atoms with Crippen LogP contribution in [0.15, 0.2) is 12.1 Å². The molecule has 20 heavy (non-hydrogen) atoms. The van der Waals surface area contributed by atoms with Gasteiger partial charge in [-0.25, -0.2) is 4.39 Å². The minimum atomic E-state index is -0.144. The molecule has 0 aliphatic heterocycles. The normalized spacial score (nSPS) is 19.5. The fourth-order valence-electron chi connectivity index (χ4n) is 3.30. The summed E-state index contributed by atoms with van der Waals surface area (Å²) in [6, 6.07) is 3.89. The van der Waals surface area contributed by atoms with Crippen molar-refractivity contribution in [3.8, 4) is 5.75 Å². The molecule has 0 radical (unpaired) electrons. The Hall–Kier alpha value is -1.05. The van der Waals surface area contributed by atoms with Crippen molar-refractivity contribution >= 4 is 0 Å². The van der Waals surface area contributed by atoms with Crippen LogP contribution in [0.1, 0.15) is 56.1 Å². The minimum absolute atomic E-state index is 0.144. The van der Waals surface area contributed by atoms with Crippen LogP contribution in [-0.4, -0.2) is 6.61 Å². The number of benzene rings is 1. The van der Waals surface area contributed by atoms with Crippen molar-refractivity contribution in [2.75, 3.05) is 6.61 Å². The van der Waals surface area contributed by atoms with Crippen molar-refractivity contribution in [2.45, 2.75) is 58.3 Å². The molecule has 2 heteroatoms. The van der Waals surface area contributed by atoms with Gasteiger partial charge in [0.25, 0.3) is 0 Å². The second-order valence-electron chi connectivity index (χ2n) is 6.60. The van der Waals surface area contributed by atoms with Crippen LogP contribution in [0.2, 0.25) is 0 Å². The molecule has 3 rings (SSSR count). The summed E-state index contributed by atoms with van der Waals surface area (Å²) >= 11 is 0. The average Bonchev–Trinajstić information content (AvgIpc) is 3.11.